The van der Waals surface area contributed by atoms with Crippen molar-refractivity contribution in [1.82, 2.24) is 15.1 Å². The summed E-state index contributed by atoms with van der Waals surface area (Å²) in [6.07, 6.45) is -2.51. The predicted octanol–water partition coefficient (Wildman–Crippen LogP) is 1.77. The lowest BCUT2D eigenvalue weighted by molar-refractivity contribution is -0.143. The maximum atomic E-state index is 12.4. The molecule has 152 valence electrons. The van der Waals surface area contributed by atoms with Crippen molar-refractivity contribution in [3.05, 3.63) is 0 Å². The Morgan fingerprint density at radius 3 is 2.50 bits per heavy atom. The first-order valence-electron chi connectivity index (χ1n) is 8.57. The summed E-state index contributed by atoms with van der Waals surface area (Å²) < 4.78 is 42.1. The van der Waals surface area contributed by atoms with Gasteiger partial charge in [-0.1, -0.05) is 0 Å². The number of nitrogens with two attached hydrogens (primary N) is 1. The highest BCUT2D eigenvalue weighted by Crippen LogP contribution is 2.20. The van der Waals surface area contributed by atoms with Crippen LogP contribution in [0.25, 0.3) is 0 Å². The van der Waals surface area contributed by atoms with Gasteiger partial charge in [-0.3, -0.25) is 4.90 Å². The summed E-state index contributed by atoms with van der Waals surface area (Å²) in [5, 5.41) is 3.01. The Bertz CT molecular complexity index is 484. The third-order valence-corrected chi connectivity index (χ3v) is 4.34. The Morgan fingerprint density at radius 1 is 1.27 bits per heavy atom. The highest BCUT2D eigenvalue weighted by atomic mass is 127. The van der Waals surface area contributed by atoms with E-state index in [2.05, 4.69) is 10.3 Å². The van der Waals surface area contributed by atoms with Crippen molar-refractivity contribution in [2.45, 2.75) is 44.4 Å². The molecule has 2 aliphatic rings. The van der Waals surface area contributed by atoms with E-state index in [1.54, 1.807) is 11.8 Å². The van der Waals surface area contributed by atoms with E-state index in [0.29, 0.717) is 52.0 Å². The summed E-state index contributed by atoms with van der Waals surface area (Å²) in [7, 11) is 0. The second-order valence-electron chi connectivity index (χ2n) is 6.41. The molecule has 2 saturated heterocycles. The quantitative estimate of drug-likeness (QED) is 0.355. The van der Waals surface area contributed by atoms with Gasteiger partial charge in [-0.15, -0.1) is 24.0 Å². The number of nitrogens with one attached hydrogen (secondary N) is 1. The number of halogens is 4. The van der Waals surface area contributed by atoms with Gasteiger partial charge >= 0.3 is 12.3 Å². The van der Waals surface area contributed by atoms with Crippen LogP contribution in [0.15, 0.2) is 4.99 Å². The number of ether oxygens (including phenoxy) is 1. The maximum absolute atomic E-state index is 12.4. The second-order valence-corrected chi connectivity index (χ2v) is 6.41. The molecule has 1 unspecified atom stereocenters. The lowest BCUT2D eigenvalue weighted by Crippen LogP contribution is -2.44. The lowest BCUT2D eigenvalue weighted by Gasteiger charge is -2.29. The van der Waals surface area contributed by atoms with Crippen LogP contribution in [0.2, 0.25) is 0 Å². The molecule has 0 radical (unpaired) electrons. The molecule has 0 aliphatic carbocycles. The first-order valence-corrected chi connectivity index (χ1v) is 8.57. The number of nitrogens with zero attached hydrogens (tertiary/aromatic N) is 3. The summed E-state index contributed by atoms with van der Waals surface area (Å²) in [6.45, 7) is 3.03. The Balaban J connectivity index is 0.00000338. The Kier molecular flexibility index (Phi) is 9.21. The topological polar surface area (TPSA) is 83.2 Å². The molecular weight excluding hydrogens is 466 g/mol. The molecule has 0 saturated carbocycles. The van der Waals surface area contributed by atoms with Crippen molar-refractivity contribution in [3.63, 3.8) is 0 Å². The molecule has 0 spiro atoms. The van der Waals surface area contributed by atoms with Crippen molar-refractivity contribution in [1.29, 1.82) is 0 Å². The number of carbonyl (C=O) groups excluding carboxylic acids is 1. The molecule has 2 rings (SSSR count). The molecule has 1 amide bonds. The Hall–Kier alpha value is -0.980. The fraction of sp³-hybridized carbons (Fsp3) is 0.867. The van der Waals surface area contributed by atoms with Gasteiger partial charge in [0.05, 0.1) is 19.2 Å². The van der Waals surface area contributed by atoms with Crippen LogP contribution in [0.1, 0.15) is 26.2 Å². The number of piperidine rings is 1. The number of carbonyl (C=O) groups is 1. The van der Waals surface area contributed by atoms with E-state index >= 15 is 0 Å². The molecule has 2 fully saturated rings. The van der Waals surface area contributed by atoms with Crippen molar-refractivity contribution >= 4 is 36.0 Å². The minimum Gasteiger partial charge on any atom is -0.450 e. The molecule has 0 bridgehead atoms. The summed E-state index contributed by atoms with van der Waals surface area (Å²) >= 11 is 0. The van der Waals surface area contributed by atoms with Gasteiger partial charge in [0.2, 0.25) is 0 Å². The average molecular weight is 493 g/mol. The molecular formula is C15H27F3IN5O2. The smallest absolute Gasteiger partial charge is 0.409 e. The van der Waals surface area contributed by atoms with Crippen LogP contribution in [0, 0.1) is 0 Å². The number of likely N-dealkylation sites (tertiary alicyclic amines) is 2. The van der Waals surface area contributed by atoms with E-state index in [-0.39, 0.29) is 48.1 Å². The molecule has 2 heterocycles. The Morgan fingerprint density at radius 2 is 1.92 bits per heavy atom. The van der Waals surface area contributed by atoms with E-state index in [9.17, 15) is 18.0 Å². The van der Waals surface area contributed by atoms with E-state index in [1.807, 2.05) is 0 Å². The normalized spacial score (nSPS) is 22.8. The molecule has 26 heavy (non-hydrogen) atoms. The third kappa shape index (κ3) is 7.72. The summed E-state index contributed by atoms with van der Waals surface area (Å²) in [4.78, 5) is 19.0. The van der Waals surface area contributed by atoms with Crippen LogP contribution < -0.4 is 11.1 Å². The maximum Gasteiger partial charge on any atom is 0.409 e. The number of hydrogen-bond acceptors (Lipinski definition) is 4. The van der Waals surface area contributed by atoms with E-state index in [4.69, 9.17) is 10.5 Å². The van der Waals surface area contributed by atoms with Crippen LogP contribution in [-0.4, -0.2) is 79.4 Å². The largest absolute Gasteiger partial charge is 0.450 e. The number of aliphatic imine (C=N–C) groups is 1. The van der Waals surface area contributed by atoms with Gasteiger partial charge in [0, 0.05) is 32.2 Å². The molecule has 2 aliphatic heterocycles. The van der Waals surface area contributed by atoms with Gasteiger partial charge in [0.25, 0.3) is 0 Å². The first kappa shape index (κ1) is 23.1. The standard InChI is InChI=1S/C15H26F3N5O2.HI/c1-2-25-14(24)23-7-4-11(5-8-23)20-13(19)21-12-3-6-22(9-12)10-15(16,17)18;/h11-12H,2-10H2,1H3,(H3,19,20,21);1H. The van der Waals surface area contributed by atoms with Crippen LogP contribution in [0.3, 0.4) is 0 Å². The number of guanidine groups is 1. The highest BCUT2D eigenvalue weighted by Gasteiger charge is 2.34. The summed E-state index contributed by atoms with van der Waals surface area (Å²) in [5.41, 5.74) is 5.89. The van der Waals surface area contributed by atoms with Crippen LogP contribution in [0.4, 0.5) is 18.0 Å². The van der Waals surface area contributed by atoms with Gasteiger partial charge in [0.1, 0.15) is 0 Å². The van der Waals surface area contributed by atoms with Gasteiger partial charge in [-0.25, -0.2) is 9.79 Å². The van der Waals surface area contributed by atoms with E-state index in [1.165, 1.54) is 4.90 Å². The van der Waals surface area contributed by atoms with Crippen LogP contribution in [0.5, 0.6) is 0 Å². The van der Waals surface area contributed by atoms with E-state index < -0.39 is 12.7 Å². The molecule has 3 N–H and O–H groups in total. The van der Waals surface area contributed by atoms with Crippen molar-refractivity contribution in [2.75, 3.05) is 39.3 Å². The summed E-state index contributed by atoms with van der Waals surface area (Å²) in [6, 6.07) is -0.114. The van der Waals surface area contributed by atoms with Gasteiger partial charge in [-0.05, 0) is 26.2 Å². The van der Waals surface area contributed by atoms with Gasteiger partial charge < -0.3 is 20.7 Å². The third-order valence-electron chi connectivity index (χ3n) is 4.34. The number of hydrogen-bond donors (Lipinski definition) is 2. The zero-order valence-electron chi connectivity index (χ0n) is 14.8. The monoisotopic (exact) mass is 493 g/mol. The van der Waals surface area contributed by atoms with Crippen molar-refractivity contribution in [3.8, 4) is 0 Å². The molecule has 0 aromatic heterocycles. The minimum atomic E-state index is -4.18. The molecule has 1 atom stereocenters. The fourth-order valence-corrected chi connectivity index (χ4v) is 3.18. The zero-order chi connectivity index (χ0) is 18.4. The second kappa shape index (κ2) is 10.4. The summed E-state index contributed by atoms with van der Waals surface area (Å²) in [5.74, 6) is 0.258. The SMILES string of the molecule is CCOC(=O)N1CCC(N=C(N)NC2CCN(CC(F)(F)F)C2)CC1.I. The van der Waals surface area contributed by atoms with Crippen molar-refractivity contribution in [2.24, 2.45) is 10.7 Å². The minimum absolute atomic E-state index is 0. The van der Waals surface area contributed by atoms with Crippen LogP contribution >= 0.6 is 24.0 Å². The molecule has 0 aromatic rings. The number of rotatable bonds is 4. The van der Waals surface area contributed by atoms with Gasteiger partial charge in [0.15, 0.2) is 5.96 Å². The highest BCUT2D eigenvalue weighted by molar-refractivity contribution is 14.0. The Labute approximate surface area is 168 Å². The van der Waals surface area contributed by atoms with Gasteiger partial charge in [-0.2, -0.15) is 13.2 Å². The first-order chi connectivity index (χ1) is 11.8. The zero-order valence-corrected chi connectivity index (χ0v) is 17.1. The van der Waals surface area contributed by atoms with Crippen molar-refractivity contribution < 1.29 is 22.7 Å². The molecule has 0 aromatic carbocycles. The van der Waals surface area contributed by atoms with Crippen LogP contribution in [-0.2, 0) is 4.74 Å². The average Bonchev–Trinajstić information content (AvgIpc) is 2.92. The number of alkyl halides is 3. The van der Waals surface area contributed by atoms with E-state index in [0.717, 1.165) is 0 Å². The fourth-order valence-electron chi connectivity index (χ4n) is 3.18. The molecule has 11 heteroatoms. The lowest BCUT2D eigenvalue weighted by atomic mass is 10.1. The predicted molar refractivity (Wildman–Crippen MR) is 103 cm³/mol. The molecule has 7 nitrogen and oxygen atoms in total. The number of amides is 1.